The summed E-state index contributed by atoms with van der Waals surface area (Å²) in [6.45, 7) is 1.93. The smallest absolute Gasteiger partial charge is 0.180 e. The summed E-state index contributed by atoms with van der Waals surface area (Å²) in [6.07, 6.45) is 2.99. The van der Waals surface area contributed by atoms with Crippen molar-refractivity contribution in [3.8, 4) is 0 Å². The number of hydrogen-bond donors (Lipinski definition) is 0. The van der Waals surface area contributed by atoms with E-state index in [2.05, 4.69) is 4.98 Å². The zero-order valence-corrected chi connectivity index (χ0v) is 10.2. The van der Waals surface area contributed by atoms with E-state index in [0.717, 1.165) is 4.88 Å². The van der Waals surface area contributed by atoms with Crippen molar-refractivity contribution in [2.24, 2.45) is 0 Å². The molecule has 0 N–H and O–H groups in total. The maximum absolute atomic E-state index is 11.8. The maximum atomic E-state index is 11.8. The van der Waals surface area contributed by atoms with Crippen molar-refractivity contribution in [1.82, 2.24) is 4.98 Å². The molecule has 0 radical (unpaired) electrons. The maximum Gasteiger partial charge on any atom is 0.180 e. The molecular weight excluding hydrogens is 234 g/mol. The Morgan fingerprint density at radius 1 is 1.24 bits per heavy atom. The van der Waals surface area contributed by atoms with Gasteiger partial charge in [-0.05, 0) is 31.2 Å². The molecule has 0 amide bonds. The summed E-state index contributed by atoms with van der Waals surface area (Å²) in [5, 5.41) is 0. The predicted molar refractivity (Wildman–Crippen MR) is 66.6 cm³/mol. The Hall–Kier alpha value is -1.81. The fraction of sp³-hybridized carbons (Fsp3) is 0.154. The van der Waals surface area contributed by atoms with Gasteiger partial charge in [-0.15, -0.1) is 11.3 Å². The average Bonchev–Trinajstić information content (AvgIpc) is 2.77. The largest absolute Gasteiger partial charge is 0.294 e. The summed E-state index contributed by atoms with van der Waals surface area (Å²) in [5.41, 5.74) is 0.481. The molecule has 2 rings (SSSR count). The van der Waals surface area contributed by atoms with E-state index >= 15 is 0 Å². The van der Waals surface area contributed by atoms with Gasteiger partial charge in [0.2, 0.25) is 0 Å². The predicted octanol–water partition coefficient (Wildman–Crippen LogP) is 2.91. The van der Waals surface area contributed by atoms with E-state index in [0.29, 0.717) is 10.4 Å². The molecule has 0 aliphatic heterocycles. The van der Waals surface area contributed by atoms with Gasteiger partial charge in [-0.2, -0.15) is 0 Å². The van der Waals surface area contributed by atoms with Crippen LogP contribution in [0.4, 0.5) is 0 Å². The number of carbonyl (C=O) groups excluding carboxylic acids is 2. The highest BCUT2D eigenvalue weighted by atomic mass is 32.1. The minimum atomic E-state index is -0.186. The highest BCUT2D eigenvalue weighted by Crippen LogP contribution is 2.17. The summed E-state index contributed by atoms with van der Waals surface area (Å²) in [5.74, 6) is -0.314. The Labute approximate surface area is 103 Å². The van der Waals surface area contributed by atoms with E-state index in [1.165, 1.54) is 17.5 Å². The molecule has 0 aliphatic carbocycles. The summed E-state index contributed by atoms with van der Waals surface area (Å²) in [4.78, 5) is 29.2. The first-order valence-electron chi connectivity index (χ1n) is 5.19. The first kappa shape index (κ1) is 11.7. The lowest BCUT2D eigenvalue weighted by molar-refractivity contribution is 0.0896. The first-order valence-corrected chi connectivity index (χ1v) is 6.01. The van der Waals surface area contributed by atoms with Crippen LogP contribution in [-0.2, 0) is 0 Å². The van der Waals surface area contributed by atoms with Crippen molar-refractivity contribution in [1.29, 1.82) is 0 Å². The molecule has 0 spiro atoms. The Morgan fingerprint density at radius 3 is 2.65 bits per heavy atom. The summed E-state index contributed by atoms with van der Waals surface area (Å²) >= 11 is 1.42. The number of pyridine rings is 1. The van der Waals surface area contributed by atoms with Crippen molar-refractivity contribution in [3.63, 3.8) is 0 Å². The van der Waals surface area contributed by atoms with E-state index in [4.69, 9.17) is 0 Å². The van der Waals surface area contributed by atoms with Crippen LogP contribution in [0.1, 0.15) is 31.3 Å². The molecule has 0 fully saturated rings. The lowest BCUT2D eigenvalue weighted by Gasteiger charge is -1.98. The highest BCUT2D eigenvalue weighted by molar-refractivity contribution is 7.14. The van der Waals surface area contributed by atoms with E-state index in [1.54, 1.807) is 24.4 Å². The third-order valence-electron chi connectivity index (χ3n) is 2.32. The molecule has 0 atom stereocenters. The number of ketones is 2. The molecule has 0 unspecified atom stereocenters. The van der Waals surface area contributed by atoms with Crippen LogP contribution < -0.4 is 0 Å². The van der Waals surface area contributed by atoms with Crippen LogP contribution in [0.3, 0.4) is 0 Å². The van der Waals surface area contributed by atoms with Crippen molar-refractivity contribution in [2.75, 3.05) is 0 Å². The van der Waals surface area contributed by atoms with Gasteiger partial charge in [0.15, 0.2) is 11.6 Å². The minimum Gasteiger partial charge on any atom is -0.294 e. The van der Waals surface area contributed by atoms with Gasteiger partial charge in [0, 0.05) is 22.8 Å². The topological polar surface area (TPSA) is 47.0 Å². The number of Topliss-reactive ketones (excluding diaryl/α,β-unsaturated/α-hetero) is 2. The monoisotopic (exact) mass is 245 g/mol. The molecule has 2 aromatic heterocycles. The molecule has 3 nitrogen and oxygen atoms in total. The fourth-order valence-corrected chi connectivity index (χ4v) is 2.25. The SMILES string of the molecule is Cc1ccc(C(=O)CC(=O)c2cccnc2)s1. The van der Waals surface area contributed by atoms with Crippen LogP contribution in [0.15, 0.2) is 36.7 Å². The molecule has 17 heavy (non-hydrogen) atoms. The normalized spacial score (nSPS) is 10.2. The van der Waals surface area contributed by atoms with E-state index < -0.39 is 0 Å². The molecular formula is C13H11NO2S. The van der Waals surface area contributed by atoms with Crippen LogP contribution in [-0.4, -0.2) is 16.6 Å². The average molecular weight is 245 g/mol. The van der Waals surface area contributed by atoms with Crippen molar-refractivity contribution < 1.29 is 9.59 Å². The van der Waals surface area contributed by atoms with Crippen LogP contribution in [0.25, 0.3) is 0 Å². The molecule has 0 saturated heterocycles. The molecule has 4 heteroatoms. The van der Waals surface area contributed by atoms with Gasteiger partial charge in [0.05, 0.1) is 11.3 Å². The van der Waals surface area contributed by atoms with Gasteiger partial charge >= 0.3 is 0 Å². The van der Waals surface area contributed by atoms with Crippen LogP contribution >= 0.6 is 11.3 Å². The summed E-state index contributed by atoms with van der Waals surface area (Å²) in [7, 11) is 0. The molecule has 86 valence electrons. The quantitative estimate of drug-likeness (QED) is 0.614. The Bertz CT molecular complexity index is 546. The molecule has 0 saturated carbocycles. The van der Waals surface area contributed by atoms with Crippen molar-refractivity contribution >= 4 is 22.9 Å². The number of aryl methyl sites for hydroxylation is 1. The van der Waals surface area contributed by atoms with Crippen LogP contribution in [0.5, 0.6) is 0 Å². The fourth-order valence-electron chi connectivity index (χ4n) is 1.45. The second-order valence-corrected chi connectivity index (χ2v) is 4.96. The number of hydrogen-bond acceptors (Lipinski definition) is 4. The zero-order valence-electron chi connectivity index (χ0n) is 9.34. The molecule has 2 aromatic rings. The van der Waals surface area contributed by atoms with E-state index in [1.807, 2.05) is 13.0 Å². The second kappa shape index (κ2) is 5.01. The van der Waals surface area contributed by atoms with E-state index in [-0.39, 0.29) is 18.0 Å². The summed E-state index contributed by atoms with van der Waals surface area (Å²) < 4.78 is 0. The lowest BCUT2D eigenvalue weighted by Crippen LogP contribution is -2.07. The van der Waals surface area contributed by atoms with Crippen LogP contribution in [0, 0.1) is 6.92 Å². The number of aromatic nitrogens is 1. The molecule has 2 heterocycles. The van der Waals surface area contributed by atoms with Crippen LogP contribution in [0.2, 0.25) is 0 Å². The number of rotatable bonds is 4. The number of carbonyl (C=O) groups is 2. The third kappa shape index (κ3) is 2.85. The molecule has 0 aliphatic rings. The molecule has 0 bridgehead atoms. The van der Waals surface area contributed by atoms with Gasteiger partial charge in [-0.1, -0.05) is 0 Å². The van der Waals surface area contributed by atoms with Gasteiger partial charge in [-0.3, -0.25) is 14.6 Å². The second-order valence-electron chi connectivity index (χ2n) is 3.68. The van der Waals surface area contributed by atoms with Gasteiger partial charge in [0.1, 0.15) is 0 Å². The standard InChI is InChI=1S/C13H11NO2S/c1-9-4-5-13(17-9)12(16)7-11(15)10-3-2-6-14-8-10/h2-6,8H,7H2,1H3. The Kier molecular flexibility index (Phi) is 3.44. The lowest BCUT2D eigenvalue weighted by atomic mass is 10.1. The summed E-state index contributed by atoms with van der Waals surface area (Å²) in [6, 6.07) is 7.00. The highest BCUT2D eigenvalue weighted by Gasteiger charge is 2.14. The minimum absolute atomic E-state index is 0.0916. The number of thiophene rings is 1. The van der Waals surface area contributed by atoms with E-state index in [9.17, 15) is 9.59 Å². The Balaban J connectivity index is 2.07. The zero-order chi connectivity index (χ0) is 12.3. The van der Waals surface area contributed by atoms with Crippen molar-refractivity contribution in [3.05, 3.63) is 52.0 Å². The Morgan fingerprint density at radius 2 is 2.06 bits per heavy atom. The molecule has 0 aromatic carbocycles. The van der Waals surface area contributed by atoms with Gasteiger partial charge in [0.25, 0.3) is 0 Å². The van der Waals surface area contributed by atoms with Crippen molar-refractivity contribution in [2.45, 2.75) is 13.3 Å². The van der Waals surface area contributed by atoms with Gasteiger partial charge in [-0.25, -0.2) is 0 Å². The third-order valence-corrected chi connectivity index (χ3v) is 3.36. The van der Waals surface area contributed by atoms with Gasteiger partial charge < -0.3 is 0 Å². The number of nitrogens with zero attached hydrogens (tertiary/aromatic N) is 1. The first-order chi connectivity index (χ1) is 8.16.